The summed E-state index contributed by atoms with van der Waals surface area (Å²) in [6.07, 6.45) is 0. The van der Waals surface area contributed by atoms with Crippen molar-refractivity contribution < 1.29 is 9.72 Å². The number of hydrogen-bond donors (Lipinski definition) is 1. The van der Waals surface area contributed by atoms with Crippen LogP contribution in [0.5, 0.6) is 0 Å². The molecule has 1 amide bonds. The number of primary amides is 1. The highest BCUT2D eigenvalue weighted by molar-refractivity contribution is 5.98. The van der Waals surface area contributed by atoms with Gasteiger partial charge in [-0.05, 0) is 18.6 Å². The quantitative estimate of drug-likeness (QED) is 0.570. The maximum absolute atomic E-state index is 10.9. The molecular formula is C9H7N3O3. The molecule has 0 fully saturated rings. The Bertz CT molecular complexity index is 488. The zero-order chi connectivity index (χ0) is 11.6. The molecule has 15 heavy (non-hydrogen) atoms. The largest absolute Gasteiger partial charge is 0.365 e. The second-order valence-electron chi connectivity index (χ2n) is 2.89. The highest BCUT2D eigenvalue weighted by atomic mass is 16.6. The monoisotopic (exact) mass is 205 g/mol. The van der Waals surface area contributed by atoms with Crippen molar-refractivity contribution in [3.8, 4) is 6.07 Å². The van der Waals surface area contributed by atoms with E-state index in [2.05, 4.69) is 0 Å². The van der Waals surface area contributed by atoms with E-state index in [1.165, 1.54) is 12.1 Å². The molecule has 0 bridgehead atoms. The Morgan fingerprint density at radius 2 is 2.20 bits per heavy atom. The van der Waals surface area contributed by atoms with Crippen LogP contribution in [0.4, 0.5) is 5.69 Å². The summed E-state index contributed by atoms with van der Waals surface area (Å²) in [6.45, 7) is 1.55. The van der Waals surface area contributed by atoms with Crippen molar-refractivity contribution in [3.63, 3.8) is 0 Å². The van der Waals surface area contributed by atoms with E-state index in [0.717, 1.165) is 0 Å². The molecule has 0 aliphatic carbocycles. The van der Waals surface area contributed by atoms with Crippen LogP contribution in [0, 0.1) is 28.4 Å². The van der Waals surface area contributed by atoms with Crippen molar-refractivity contribution in [3.05, 3.63) is 38.9 Å². The van der Waals surface area contributed by atoms with Gasteiger partial charge in [-0.15, -0.1) is 0 Å². The summed E-state index contributed by atoms with van der Waals surface area (Å²) in [6, 6.07) is 4.39. The van der Waals surface area contributed by atoms with E-state index in [0.29, 0.717) is 5.56 Å². The van der Waals surface area contributed by atoms with Gasteiger partial charge >= 0.3 is 0 Å². The number of rotatable bonds is 2. The molecule has 6 heteroatoms. The summed E-state index contributed by atoms with van der Waals surface area (Å²) in [5.41, 5.74) is 4.51. The Morgan fingerprint density at radius 1 is 1.60 bits per heavy atom. The molecule has 0 aliphatic rings. The standard InChI is InChI=1S/C9H7N3O3/c1-5-2-3-6(9(11)13)8(12(14)15)7(5)4-10/h2-3H,1H3,(H2,11,13). The van der Waals surface area contributed by atoms with Crippen molar-refractivity contribution in [2.45, 2.75) is 6.92 Å². The number of carbonyl (C=O) groups excluding carboxylic acids is 1. The lowest BCUT2D eigenvalue weighted by Crippen LogP contribution is -2.14. The van der Waals surface area contributed by atoms with Crippen LogP contribution >= 0.6 is 0 Å². The second-order valence-corrected chi connectivity index (χ2v) is 2.89. The molecule has 0 radical (unpaired) electrons. The molecule has 0 aromatic heterocycles. The molecule has 6 nitrogen and oxygen atoms in total. The van der Waals surface area contributed by atoms with Crippen LogP contribution in [0.3, 0.4) is 0 Å². The van der Waals surface area contributed by atoms with Gasteiger partial charge in [0.25, 0.3) is 11.6 Å². The summed E-state index contributed by atoms with van der Waals surface area (Å²) in [5, 5.41) is 19.5. The van der Waals surface area contributed by atoms with Gasteiger partial charge < -0.3 is 5.73 Å². The van der Waals surface area contributed by atoms with Gasteiger partial charge in [-0.25, -0.2) is 0 Å². The fraction of sp³-hybridized carbons (Fsp3) is 0.111. The van der Waals surface area contributed by atoms with Gasteiger partial charge in [0.2, 0.25) is 0 Å². The highest BCUT2D eigenvalue weighted by Crippen LogP contribution is 2.25. The molecule has 2 N–H and O–H groups in total. The minimum Gasteiger partial charge on any atom is -0.365 e. The average molecular weight is 205 g/mol. The van der Waals surface area contributed by atoms with Gasteiger partial charge in [-0.1, -0.05) is 6.07 Å². The van der Waals surface area contributed by atoms with Gasteiger partial charge in [-0.2, -0.15) is 5.26 Å². The lowest BCUT2D eigenvalue weighted by molar-refractivity contribution is -0.385. The van der Waals surface area contributed by atoms with Crippen LogP contribution in [0.15, 0.2) is 12.1 Å². The molecule has 76 valence electrons. The van der Waals surface area contributed by atoms with E-state index in [1.807, 2.05) is 0 Å². The number of carbonyl (C=O) groups is 1. The molecule has 1 aromatic carbocycles. The number of nitro benzene ring substituents is 1. The number of aryl methyl sites for hydroxylation is 1. The van der Waals surface area contributed by atoms with Crippen LogP contribution in [0.2, 0.25) is 0 Å². The minimum absolute atomic E-state index is 0.128. The van der Waals surface area contributed by atoms with Crippen LogP contribution in [0.25, 0.3) is 0 Å². The van der Waals surface area contributed by atoms with Crippen LogP contribution in [0.1, 0.15) is 21.5 Å². The highest BCUT2D eigenvalue weighted by Gasteiger charge is 2.24. The van der Waals surface area contributed by atoms with E-state index in [1.54, 1.807) is 13.0 Å². The van der Waals surface area contributed by atoms with E-state index < -0.39 is 16.5 Å². The smallest absolute Gasteiger partial charge is 0.300 e. The van der Waals surface area contributed by atoms with Gasteiger partial charge in [0.05, 0.1) is 4.92 Å². The fourth-order valence-corrected chi connectivity index (χ4v) is 1.22. The summed E-state index contributed by atoms with van der Waals surface area (Å²) in [7, 11) is 0. The van der Waals surface area contributed by atoms with E-state index in [-0.39, 0.29) is 11.1 Å². The number of nitro groups is 1. The van der Waals surface area contributed by atoms with Gasteiger partial charge in [0.15, 0.2) is 0 Å². The topological polar surface area (TPSA) is 110 Å². The van der Waals surface area contributed by atoms with Gasteiger partial charge in [0.1, 0.15) is 17.2 Å². The lowest BCUT2D eigenvalue weighted by atomic mass is 10.0. The van der Waals surface area contributed by atoms with E-state index in [9.17, 15) is 14.9 Å². The van der Waals surface area contributed by atoms with Gasteiger partial charge in [-0.3, -0.25) is 14.9 Å². The second kappa shape index (κ2) is 3.75. The first-order valence-corrected chi connectivity index (χ1v) is 3.97. The third-order valence-electron chi connectivity index (χ3n) is 1.95. The van der Waals surface area contributed by atoms with Crippen molar-refractivity contribution in [1.82, 2.24) is 0 Å². The maximum Gasteiger partial charge on any atom is 0.300 e. The predicted octanol–water partition coefficient (Wildman–Crippen LogP) is 0.874. The van der Waals surface area contributed by atoms with Crippen LogP contribution in [-0.4, -0.2) is 10.8 Å². The molecule has 0 spiro atoms. The molecule has 0 saturated heterocycles. The van der Waals surface area contributed by atoms with Crippen molar-refractivity contribution in [2.24, 2.45) is 5.73 Å². The molecule has 0 heterocycles. The summed E-state index contributed by atoms with van der Waals surface area (Å²) in [5.74, 6) is -0.918. The Balaban J connectivity index is 3.66. The normalized spacial score (nSPS) is 9.33. The molecule has 0 saturated carbocycles. The van der Waals surface area contributed by atoms with Crippen molar-refractivity contribution in [2.75, 3.05) is 0 Å². The lowest BCUT2D eigenvalue weighted by Gasteiger charge is -2.02. The summed E-state index contributed by atoms with van der Waals surface area (Å²) >= 11 is 0. The Labute approximate surface area is 85.1 Å². The predicted molar refractivity (Wildman–Crippen MR) is 51.1 cm³/mol. The summed E-state index contributed by atoms with van der Waals surface area (Å²) in [4.78, 5) is 20.8. The zero-order valence-electron chi connectivity index (χ0n) is 7.85. The zero-order valence-corrected chi connectivity index (χ0v) is 7.85. The Hall–Kier alpha value is -2.42. The van der Waals surface area contributed by atoms with Crippen LogP contribution in [-0.2, 0) is 0 Å². The fourth-order valence-electron chi connectivity index (χ4n) is 1.22. The van der Waals surface area contributed by atoms with E-state index >= 15 is 0 Å². The van der Waals surface area contributed by atoms with Crippen molar-refractivity contribution >= 4 is 11.6 Å². The van der Waals surface area contributed by atoms with E-state index in [4.69, 9.17) is 11.0 Å². The SMILES string of the molecule is Cc1ccc(C(N)=O)c([N+](=O)[O-])c1C#N. The number of nitrogens with two attached hydrogens (primary N) is 1. The molecule has 1 rings (SSSR count). The first kappa shape index (κ1) is 10.7. The number of hydrogen-bond acceptors (Lipinski definition) is 4. The molecule has 1 aromatic rings. The molecule has 0 unspecified atom stereocenters. The summed E-state index contributed by atoms with van der Waals surface area (Å²) < 4.78 is 0. The molecular weight excluding hydrogens is 198 g/mol. The first-order valence-electron chi connectivity index (χ1n) is 3.97. The Morgan fingerprint density at radius 3 is 2.60 bits per heavy atom. The van der Waals surface area contributed by atoms with Crippen LogP contribution < -0.4 is 5.73 Å². The first-order chi connectivity index (χ1) is 6.99. The number of benzene rings is 1. The van der Waals surface area contributed by atoms with Crippen molar-refractivity contribution in [1.29, 1.82) is 5.26 Å². The third-order valence-corrected chi connectivity index (χ3v) is 1.95. The maximum atomic E-state index is 10.9. The molecule has 0 atom stereocenters. The number of nitrogens with zero attached hydrogens (tertiary/aromatic N) is 2. The van der Waals surface area contributed by atoms with Gasteiger partial charge in [0, 0.05) is 0 Å². The Kier molecular flexibility index (Phi) is 2.67. The number of amides is 1. The molecule has 0 aliphatic heterocycles. The third kappa shape index (κ3) is 1.76. The number of nitriles is 1. The average Bonchev–Trinajstić information content (AvgIpc) is 2.16. The minimum atomic E-state index is -0.918.